The van der Waals surface area contributed by atoms with Crippen LogP contribution in [0.1, 0.15) is 11.4 Å². The highest BCUT2D eigenvalue weighted by Crippen LogP contribution is 2.30. The van der Waals surface area contributed by atoms with E-state index in [4.69, 9.17) is 16.3 Å². The number of H-pyrrole nitrogens is 1. The number of aromatic amines is 1. The number of anilines is 1. The molecule has 0 saturated carbocycles. The first kappa shape index (κ1) is 19.3. The standard InChI is InChI=1S/C23H19ClN6O/c1-13-7-15(14-3-6-21(31-2)25-10-14)8-17-22(13)27-12-28-23(17)26-11-20-29-18-5-4-16(24)9-19(18)30-20/h3-10,12H,11H2,1-2H3,(H,29,30)(H,26,27,28). The van der Waals surface area contributed by atoms with E-state index in [1.165, 1.54) is 0 Å². The Bertz CT molecular complexity index is 1400. The molecule has 3 heterocycles. The summed E-state index contributed by atoms with van der Waals surface area (Å²) in [6.07, 6.45) is 3.38. The van der Waals surface area contributed by atoms with Gasteiger partial charge in [0.1, 0.15) is 18.0 Å². The van der Waals surface area contributed by atoms with E-state index in [2.05, 4.69) is 42.4 Å². The number of ether oxygens (including phenoxy) is 1. The van der Waals surface area contributed by atoms with Crippen LogP contribution in [0.4, 0.5) is 5.82 Å². The molecule has 0 saturated heterocycles. The predicted octanol–water partition coefficient (Wildman–Crippen LogP) is 5.15. The first-order valence-corrected chi connectivity index (χ1v) is 10.1. The van der Waals surface area contributed by atoms with Gasteiger partial charge in [0, 0.05) is 28.2 Å². The lowest BCUT2D eigenvalue weighted by molar-refractivity contribution is 0.398. The summed E-state index contributed by atoms with van der Waals surface area (Å²) in [5, 5.41) is 4.99. The molecule has 0 atom stereocenters. The van der Waals surface area contributed by atoms with Crippen molar-refractivity contribution < 1.29 is 4.74 Å². The van der Waals surface area contributed by atoms with E-state index in [1.54, 1.807) is 19.6 Å². The Labute approximate surface area is 183 Å². The molecule has 0 aliphatic carbocycles. The summed E-state index contributed by atoms with van der Waals surface area (Å²) in [6.45, 7) is 2.54. The lowest BCUT2D eigenvalue weighted by atomic mass is 10.0. The number of hydrogen-bond acceptors (Lipinski definition) is 6. The second-order valence-electron chi connectivity index (χ2n) is 7.20. The van der Waals surface area contributed by atoms with Crippen LogP contribution in [0.5, 0.6) is 5.88 Å². The lowest BCUT2D eigenvalue weighted by Gasteiger charge is -2.11. The number of nitrogens with zero attached hydrogens (tertiary/aromatic N) is 4. The Balaban J connectivity index is 1.49. The number of aryl methyl sites for hydroxylation is 1. The van der Waals surface area contributed by atoms with Crippen LogP contribution in [-0.4, -0.2) is 32.0 Å². The number of methoxy groups -OCH3 is 1. The molecular formula is C23H19ClN6O. The fourth-order valence-corrected chi connectivity index (χ4v) is 3.77. The van der Waals surface area contributed by atoms with Gasteiger partial charge in [-0.1, -0.05) is 11.6 Å². The molecule has 5 aromatic rings. The minimum atomic E-state index is 0.492. The van der Waals surface area contributed by atoms with E-state index in [1.807, 2.05) is 37.3 Å². The Morgan fingerprint density at radius 1 is 1.03 bits per heavy atom. The summed E-state index contributed by atoms with van der Waals surface area (Å²) < 4.78 is 5.16. The highest BCUT2D eigenvalue weighted by Gasteiger charge is 2.11. The Morgan fingerprint density at radius 2 is 1.94 bits per heavy atom. The zero-order chi connectivity index (χ0) is 21.4. The molecule has 5 rings (SSSR count). The quantitative estimate of drug-likeness (QED) is 0.401. The summed E-state index contributed by atoms with van der Waals surface area (Å²) in [5.74, 6) is 2.13. The number of aromatic nitrogens is 5. The zero-order valence-electron chi connectivity index (χ0n) is 17.0. The van der Waals surface area contributed by atoms with Gasteiger partial charge in [-0.2, -0.15) is 0 Å². The summed E-state index contributed by atoms with van der Waals surface area (Å²) >= 11 is 6.07. The highest BCUT2D eigenvalue weighted by atomic mass is 35.5. The minimum Gasteiger partial charge on any atom is -0.481 e. The van der Waals surface area contributed by atoms with Gasteiger partial charge in [-0.05, 0) is 54.4 Å². The van der Waals surface area contributed by atoms with Gasteiger partial charge >= 0.3 is 0 Å². The predicted molar refractivity (Wildman–Crippen MR) is 122 cm³/mol. The average molecular weight is 431 g/mol. The van der Waals surface area contributed by atoms with Gasteiger partial charge in [0.15, 0.2) is 0 Å². The summed E-state index contributed by atoms with van der Waals surface area (Å²) in [5.41, 5.74) is 5.78. The maximum absolute atomic E-state index is 6.07. The van der Waals surface area contributed by atoms with Crippen LogP contribution in [0, 0.1) is 6.92 Å². The summed E-state index contributed by atoms with van der Waals surface area (Å²) in [4.78, 5) is 21.2. The van der Waals surface area contributed by atoms with Crippen LogP contribution in [0.15, 0.2) is 55.0 Å². The number of nitrogens with one attached hydrogen (secondary N) is 2. The van der Waals surface area contributed by atoms with E-state index in [9.17, 15) is 0 Å². The van der Waals surface area contributed by atoms with Crippen molar-refractivity contribution in [2.75, 3.05) is 12.4 Å². The molecule has 0 aliphatic heterocycles. The maximum Gasteiger partial charge on any atom is 0.212 e. The molecule has 31 heavy (non-hydrogen) atoms. The highest BCUT2D eigenvalue weighted by molar-refractivity contribution is 6.31. The number of rotatable bonds is 5. The van der Waals surface area contributed by atoms with Crippen molar-refractivity contribution in [2.24, 2.45) is 0 Å². The van der Waals surface area contributed by atoms with Gasteiger partial charge in [0.2, 0.25) is 5.88 Å². The molecule has 0 spiro atoms. The molecule has 154 valence electrons. The van der Waals surface area contributed by atoms with Crippen molar-refractivity contribution >= 4 is 39.4 Å². The van der Waals surface area contributed by atoms with E-state index in [-0.39, 0.29) is 0 Å². The van der Waals surface area contributed by atoms with Crippen molar-refractivity contribution in [1.29, 1.82) is 0 Å². The third kappa shape index (κ3) is 3.75. The second-order valence-corrected chi connectivity index (χ2v) is 7.64. The minimum absolute atomic E-state index is 0.492. The van der Waals surface area contributed by atoms with E-state index in [0.29, 0.717) is 17.4 Å². The second kappa shape index (κ2) is 7.85. The molecule has 3 aromatic heterocycles. The number of halogens is 1. The van der Waals surface area contributed by atoms with Crippen LogP contribution >= 0.6 is 11.6 Å². The number of imidazole rings is 1. The normalized spacial score (nSPS) is 11.2. The van der Waals surface area contributed by atoms with Crippen molar-refractivity contribution in [2.45, 2.75) is 13.5 Å². The lowest BCUT2D eigenvalue weighted by Crippen LogP contribution is -2.04. The molecule has 2 N–H and O–H groups in total. The fraction of sp³-hybridized carbons (Fsp3) is 0.130. The first-order chi connectivity index (χ1) is 15.1. The Hall–Kier alpha value is -3.71. The van der Waals surface area contributed by atoms with Crippen molar-refractivity contribution in [1.82, 2.24) is 24.9 Å². The molecule has 0 aliphatic rings. The first-order valence-electron chi connectivity index (χ1n) is 9.74. The van der Waals surface area contributed by atoms with Gasteiger partial charge in [0.05, 0.1) is 30.2 Å². The number of fused-ring (bicyclic) bond motifs is 2. The molecule has 2 aromatic carbocycles. The molecular weight excluding hydrogens is 412 g/mol. The molecule has 0 radical (unpaired) electrons. The maximum atomic E-state index is 6.07. The Kier molecular flexibility index (Phi) is 4.88. The number of benzene rings is 2. The molecule has 7 nitrogen and oxygen atoms in total. The van der Waals surface area contributed by atoms with Crippen molar-refractivity contribution in [3.63, 3.8) is 0 Å². The van der Waals surface area contributed by atoms with E-state index in [0.717, 1.165) is 50.3 Å². The molecule has 0 fully saturated rings. The van der Waals surface area contributed by atoms with Gasteiger partial charge in [-0.25, -0.2) is 19.9 Å². The summed E-state index contributed by atoms with van der Waals surface area (Å²) in [6, 6.07) is 13.6. The molecule has 8 heteroatoms. The molecule has 0 bridgehead atoms. The van der Waals surface area contributed by atoms with Gasteiger partial charge in [-0.15, -0.1) is 0 Å². The van der Waals surface area contributed by atoms with E-state index < -0.39 is 0 Å². The largest absolute Gasteiger partial charge is 0.481 e. The van der Waals surface area contributed by atoms with Crippen molar-refractivity contribution in [3.8, 4) is 17.0 Å². The van der Waals surface area contributed by atoms with Crippen LogP contribution in [0.2, 0.25) is 5.02 Å². The third-order valence-corrected chi connectivity index (χ3v) is 5.36. The molecule has 0 amide bonds. The van der Waals surface area contributed by atoms with E-state index >= 15 is 0 Å². The topological polar surface area (TPSA) is 88.6 Å². The number of hydrogen-bond donors (Lipinski definition) is 2. The monoisotopic (exact) mass is 430 g/mol. The summed E-state index contributed by atoms with van der Waals surface area (Å²) in [7, 11) is 1.61. The smallest absolute Gasteiger partial charge is 0.212 e. The SMILES string of the molecule is COc1ccc(-c2cc(C)c3ncnc(NCc4nc5cc(Cl)ccc5[nH]4)c3c2)cn1. The van der Waals surface area contributed by atoms with Crippen LogP contribution < -0.4 is 10.1 Å². The number of pyridine rings is 1. The van der Waals surface area contributed by atoms with Gasteiger partial charge in [-0.3, -0.25) is 0 Å². The van der Waals surface area contributed by atoms with Crippen LogP contribution in [0.25, 0.3) is 33.1 Å². The van der Waals surface area contributed by atoms with Crippen LogP contribution in [-0.2, 0) is 6.54 Å². The average Bonchev–Trinajstić information content (AvgIpc) is 3.19. The van der Waals surface area contributed by atoms with Crippen molar-refractivity contribution in [3.05, 3.63) is 71.4 Å². The Morgan fingerprint density at radius 3 is 2.74 bits per heavy atom. The zero-order valence-corrected chi connectivity index (χ0v) is 17.7. The van der Waals surface area contributed by atoms with Gasteiger partial charge < -0.3 is 15.0 Å². The third-order valence-electron chi connectivity index (χ3n) is 5.13. The van der Waals surface area contributed by atoms with Crippen LogP contribution in [0.3, 0.4) is 0 Å². The van der Waals surface area contributed by atoms with Gasteiger partial charge in [0.25, 0.3) is 0 Å². The fourth-order valence-electron chi connectivity index (χ4n) is 3.61. The molecule has 0 unspecified atom stereocenters.